The van der Waals surface area contributed by atoms with Crippen molar-refractivity contribution in [1.29, 1.82) is 5.26 Å². The van der Waals surface area contributed by atoms with Crippen molar-refractivity contribution in [3.8, 4) is 17.5 Å². The Bertz CT molecular complexity index is 936. The van der Waals surface area contributed by atoms with E-state index in [1.165, 1.54) is 42.5 Å². The van der Waals surface area contributed by atoms with Crippen molar-refractivity contribution in [3.05, 3.63) is 70.9 Å². The highest BCUT2D eigenvalue weighted by Crippen LogP contribution is 2.25. The lowest BCUT2D eigenvalue weighted by Crippen LogP contribution is -2.00. The van der Waals surface area contributed by atoms with Gasteiger partial charge in [-0.25, -0.2) is 18.7 Å². The van der Waals surface area contributed by atoms with E-state index in [9.17, 15) is 8.78 Å². The highest BCUT2D eigenvalue weighted by molar-refractivity contribution is 6.29. The minimum atomic E-state index is -0.638. The molecule has 0 aliphatic heterocycles. The first-order valence-corrected chi connectivity index (χ1v) is 7.21. The number of hydrogen-bond donors (Lipinski definition) is 1. The van der Waals surface area contributed by atoms with Gasteiger partial charge in [0.15, 0.2) is 5.82 Å². The van der Waals surface area contributed by atoms with E-state index in [0.29, 0.717) is 5.56 Å². The molecule has 24 heavy (non-hydrogen) atoms. The number of halogens is 3. The SMILES string of the molecule is N#Cc1c(F)cccc1Nc1cc(Cl)nc(-c2ccc(F)cc2)n1. The predicted octanol–water partition coefficient (Wildman–Crippen LogP) is 4.69. The first kappa shape index (κ1) is 15.8. The predicted molar refractivity (Wildman–Crippen MR) is 86.8 cm³/mol. The lowest BCUT2D eigenvalue weighted by molar-refractivity contribution is 0.624. The van der Waals surface area contributed by atoms with Crippen LogP contribution in [0.2, 0.25) is 5.15 Å². The van der Waals surface area contributed by atoms with Gasteiger partial charge < -0.3 is 5.32 Å². The summed E-state index contributed by atoms with van der Waals surface area (Å²) in [6.45, 7) is 0. The number of benzene rings is 2. The van der Waals surface area contributed by atoms with E-state index in [1.54, 1.807) is 12.1 Å². The Kier molecular flexibility index (Phi) is 4.36. The van der Waals surface area contributed by atoms with Gasteiger partial charge >= 0.3 is 0 Å². The minimum absolute atomic E-state index is 0.129. The molecule has 0 bridgehead atoms. The molecule has 118 valence electrons. The zero-order valence-electron chi connectivity index (χ0n) is 12.1. The van der Waals surface area contributed by atoms with Crippen molar-refractivity contribution in [2.24, 2.45) is 0 Å². The van der Waals surface area contributed by atoms with Crippen molar-refractivity contribution in [3.63, 3.8) is 0 Å². The topological polar surface area (TPSA) is 61.6 Å². The van der Waals surface area contributed by atoms with Crippen LogP contribution in [0.4, 0.5) is 20.3 Å². The molecule has 0 saturated heterocycles. The molecule has 0 atom stereocenters. The van der Waals surface area contributed by atoms with Gasteiger partial charge in [-0.15, -0.1) is 0 Å². The molecule has 0 radical (unpaired) electrons. The number of nitrogens with one attached hydrogen (secondary N) is 1. The van der Waals surface area contributed by atoms with Crippen molar-refractivity contribution < 1.29 is 8.78 Å². The molecule has 1 aromatic heterocycles. The van der Waals surface area contributed by atoms with Crippen LogP contribution >= 0.6 is 11.6 Å². The van der Waals surface area contributed by atoms with Gasteiger partial charge in [-0.3, -0.25) is 0 Å². The summed E-state index contributed by atoms with van der Waals surface area (Å²) < 4.78 is 26.7. The average Bonchev–Trinajstić information content (AvgIpc) is 2.55. The monoisotopic (exact) mass is 342 g/mol. The first-order chi connectivity index (χ1) is 11.6. The van der Waals surface area contributed by atoms with Crippen LogP contribution in [0, 0.1) is 23.0 Å². The molecule has 3 aromatic rings. The van der Waals surface area contributed by atoms with Crippen LogP contribution in [0.15, 0.2) is 48.5 Å². The fourth-order valence-electron chi connectivity index (χ4n) is 2.09. The maximum atomic E-state index is 13.7. The lowest BCUT2D eigenvalue weighted by Gasteiger charge is -2.10. The van der Waals surface area contributed by atoms with Gasteiger partial charge in [-0.05, 0) is 36.4 Å². The van der Waals surface area contributed by atoms with Gasteiger partial charge in [0.1, 0.15) is 34.2 Å². The maximum Gasteiger partial charge on any atom is 0.163 e. The summed E-state index contributed by atoms with van der Waals surface area (Å²) in [5.74, 6) is -0.449. The fraction of sp³-hybridized carbons (Fsp3) is 0. The molecular formula is C17H9ClF2N4. The minimum Gasteiger partial charge on any atom is -0.339 e. The quantitative estimate of drug-likeness (QED) is 0.701. The lowest BCUT2D eigenvalue weighted by atomic mass is 10.2. The molecule has 1 heterocycles. The summed E-state index contributed by atoms with van der Waals surface area (Å²) in [4.78, 5) is 8.36. The Labute approximate surface area is 141 Å². The van der Waals surface area contributed by atoms with Gasteiger partial charge in [-0.1, -0.05) is 17.7 Å². The van der Waals surface area contributed by atoms with Crippen molar-refractivity contribution in [1.82, 2.24) is 9.97 Å². The molecule has 0 fully saturated rings. The number of nitrogens with zero attached hydrogens (tertiary/aromatic N) is 3. The van der Waals surface area contributed by atoms with Crippen LogP contribution in [0.1, 0.15) is 5.56 Å². The summed E-state index contributed by atoms with van der Waals surface area (Å²) in [6, 6.07) is 13.1. The van der Waals surface area contributed by atoms with E-state index in [0.717, 1.165) is 0 Å². The standard InChI is InChI=1S/C17H9ClF2N4/c18-15-8-16(22-14-3-1-2-13(20)12(14)9-21)24-17(23-15)10-4-6-11(19)7-5-10/h1-8H,(H,22,23,24). The maximum absolute atomic E-state index is 13.7. The Morgan fingerprint density at radius 3 is 2.50 bits per heavy atom. The van der Waals surface area contributed by atoms with E-state index >= 15 is 0 Å². The normalized spacial score (nSPS) is 10.2. The van der Waals surface area contributed by atoms with Crippen LogP contribution in [-0.4, -0.2) is 9.97 Å². The second-order valence-corrected chi connectivity index (χ2v) is 5.19. The average molecular weight is 343 g/mol. The smallest absolute Gasteiger partial charge is 0.163 e. The molecule has 0 saturated carbocycles. The summed E-state index contributed by atoms with van der Waals surface area (Å²) >= 11 is 6.00. The van der Waals surface area contributed by atoms with Crippen LogP contribution in [-0.2, 0) is 0 Å². The fourth-order valence-corrected chi connectivity index (χ4v) is 2.27. The van der Waals surface area contributed by atoms with Gasteiger partial charge in [0.2, 0.25) is 0 Å². The largest absolute Gasteiger partial charge is 0.339 e. The highest BCUT2D eigenvalue weighted by Gasteiger charge is 2.11. The van der Waals surface area contributed by atoms with Crippen molar-refractivity contribution in [2.45, 2.75) is 0 Å². The number of aromatic nitrogens is 2. The summed E-state index contributed by atoms with van der Waals surface area (Å²) in [5.41, 5.74) is 0.703. The van der Waals surface area contributed by atoms with Gasteiger partial charge in [0.25, 0.3) is 0 Å². The van der Waals surface area contributed by atoms with Crippen molar-refractivity contribution in [2.75, 3.05) is 5.32 Å². The first-order valence-electron chi connectivity index (χ1n) is 6.83. The molecule has 4 nitrogen and oxygen atoms in total. The molecule has 7 heteroatoms. The number of nitriles is 1. The van der Waals surface area contributed by atoms with Gasteiger partial charge in [0.05, 0.1) is 5.69 Å². The second-order valence-electron chi connectivity index (χ2n) is 4.81. The zero-order chi connectivity index (χ0) is 17.1. The molecular weight excluding hydrogens is 334 g/mol. The summed E-state index contributed by atoms with van der Waals surface area (Å²) in [7, 11) is 0. The van der Waals surface area contributed by atoms with Crippen LogP contribution in [0.3, 0.4) is 0 Å². The highest BCUT2D eigenvalue weighted by atomic mass is 35.5. The van der Waals surface area contributed by atoms with Crippen LogP contribution in [0.5, 0.6) is 0 Å². The van der Waals surface area contributed by atoms with Crippen LogP contribution < -0.4 is 5.32 Å². The molecule has 0 aliphatic rings. The van der Waals surface area contributed by atoms with Crippen LogP contribution in [0.25, 0.3) is 11.4 Å². The molecule has 2 aromatic carbocycles. The third-order valence-electron chi connectivity index (χ3n) is 3.19. The molecule has 3 rings (SSSR count). The molecule has 0 unspecified atom stereocenters. The number of hydrogen-bond acceptors (Lipinski definition) is 4. The Morgan fingerprint density at radius 2 is 1.79 bits per heavy atom. The Morgan fingerprint density at radius 1 is 1.04 bits per heavy atom. The third kappa shape index (κ3) is 3.31. The van der Waals surface area contributed by atoms with Gasteiger partial charge in [0, 0.05) is 11.6 Å². The van der Waals surface area contributed by atoms with Gasteiger partial charge in [-0.2, -0.15) is 5.26 Å². The third-order valence-corrected chi connectivity index (χ3v) is 3.38. The van der Waals surface area contributed by atoms with E-state index in [1.807, 2.05) is 0 Å². The Hall–Kier alpha value is -3.04. The zero-order valence-corrected chi connectivity index (χ0v) is 12.9. The summed E-state index contributed by atoms with van der Waals surface area (Å²) in [5, 5.41) is 12.1. The van der Waals surface area contributed by atoms with E-state index in [-0.39, 0.29) is 33.9 Å². The van der Waals surface area contributed by atoms with E-state index < -0.39 is 5.82 Å². The molecule has 0 amide bonds. The Balaban J connectivity index is 2.00. The number of anilines is 2. The van der Waals surface area contributed by atoms with Crippen molar-refractivity contribution >= 4 is 23.1 Å². The molecule has 0 spiro atoms. The summed E-state index contributed by atoms with van der Waals surface area (Å²) in [6.07, 6.45) is 0. The number of rotatable bonds is 3. The van der Waals surface area contributed by atoms with E-state index in [2.05, 4.69) is 15.3 Å². The molecule has 1 N–H and O–H groups in total. The molecule has 0 aliphatic carbocycles. The van der Waals surface area contributed by atoms with E-state index in [4.69, 9.17) is 16.9 Å². The second kappa shape index (κ2) is 6.60.